The van der Waals surface area contributed by atoms with E-state index in [-0.39, 0.29) is 0 Å². The van der Waals surface area contributed by atoms with Gasteiger partial charge in [0.1, 0.15) is 5.75 Å². The van der Waals surface area contributed by atoms with Crippen LogP contribution in [0.1, 0.15) is 16.8 Å². The van der Waals surface area contributed by atoms with Crippen molar-refractivity contribution in [1.82, 2.24) is 4.98 Å². The summed E-state index contributed by atoms with van der Waals surface area (Å²) in [5, 5.41) is 2.63. The highest BCUT2D eigenvalue weighted by Crippen LogP contribution is 2.21. The molecule has 0 fully saturated rings. The molecular weight excluding hydrogens is 258 g/mol. The average molecular weight is 277 g/mol. The predicted octanol–water partition coefficient (Wildman–Crippen LogP) is 4.34. The Bertz CT molecular complexity index is 759. The molecule has 0 N–H and O–H groups in total. The number of rotatable bonds is 4. The first kappa shape index (κ1) is 13.6. The van der Waals surface area contributed by atoms with Gasteiger partial charge >= 0.3 is 0 Å². The minimum atomic E-state index is 0.915. The van der Waals surface area contributed by atoms with Crippen LogP contribution >= 0.6 is 0 Å². The van der Waals surface area contributed by atoms with Gasteiger partial charge in [-0.15, -0.1) is 0 Å². The van der Waals surface area contributed by atoms with Gasteiger partial charge in [0.05, 0.1) is 7.11 Å². The van der Waals surface area contributed by atoms with E-state index in [2.05, 4.69) is 47.4 Å². The Morgan fingerprint density at radius 1 is 1.00 bits per heavy atom. The second-order valence-electron chi connectivity index (χ2n) is 5.28. The van der Waals surface area contributed by atoms with Crippen LogP contribution in [0.4, 0.5) is 0 Å². The van der Waals surface area contributed by atoms with Crippen LogP contribution in [0.3, 0.4) is 0 Å². The fourth-order valence-corrected chi connectivity index (χ4v) is 2.68. The number of methoxy groups -OCH3 is 1. The van der Waals surface area contributed by atoms with E-state index in [4.69, 9.17) is 4.74 Å². The van der Waals surface area contributed by atoms with Crippen molar-refractivity contribution in [3.05, 3.63) is 71.5 Å². The van der Waals surface area contributed by atoms with Gasteiger partial charge in [0.15, 0.2) is 0 Å². The topological polar surface area (TPSA) is 22.1 Å². The molecule has 0 saturated carbocycles. The van der Waals surface area contributed by atoms with Gasteiger partial charge in [-0.1, -0.05) is 42.5 Å². The van der Waals surface area contributed by atoms with Gasteiger partial charge in [-0.05, 0) is 36.1 Å². The van der Waals surface area contributed by atoms with Crippen molar-refractivity contribution < 1.29 is 4.74 Å². The molecular formula is C19H19NO. The number of fused-ring (bicyclic) bond motifs is 1. The second-order valence-corrected chi connectivity index (χ2v) is 5.28. The number of aryl methyl sites for hydroxylation is 3. The maximum Gasteiger partial charge on any atom is 0.125 e. The molecule has 0 unspecified atom stereocenters. The molecule has 0 aliphatic heterocycles. The standard InChI is InChI=1S/C19H19NO/c1-14-13-20-17(12-19(14)21-2)11-10-16-8-5-7-15-6-3-4-9-18(15)16/h3-9,12-13H,10-11H2,1-2H3. The highest BCUT2D eigenvalue weighted by molar-refractivity contribution is 5.85. The average Bonchev–Trinajstić information content (AvgIpc) is 2.54. The van der Waals surface area contributed by atoms with Crippen LogP contribution in [0.15, 0.2) is 54.7 Å². The summed E-state index contributed by atoms with van der Waals surface area (Å²) in [5.74, 6) is 0.915. The lowest BCUT2D eigenvalue weighted by Crippen LogP contribution is -1.97. The van der Waals surface area contributed by atoms with Gasteiger partial charge in [0.25, 0.3) is 0 Å². The Hall–Kier alpha value is -2.35. The third-order valence-electron chi connectivity index (χ3n) is 3.86. The fourth-order valence-electron chi connectivity index (χ4n) is 2.68. The molecule has 1 heterocycles. The minimum absolute atomic E-state index is 0.915. The molecule has 2 aromatic carbocycles. The van der Waals surface area contributed by atoms with Crippen molar-refractivity contribution in [1.29, 1.82) is 0 Å². The summed E-state index contributed by atoms with van der Waals surface area (Å²) in [6.45, 7) is 2.01. The summed E-state index contributed by atoms with van der Waals surface area (Å²) in [6, 6.07) is 17.1. The van der Waals surface area contributed by atoms with E-state index in [1.807, 2.05) is 19.2 Å². The molecule has 0 bridgehead atoms. The number of hydrogen-bond acceptors (Lipinski definition) is 2. The maximum atomic E-state index is 5.37. The molecule has 106 valence electrons. The van der Waals surface area contributed by atoms with Crippen LogP contribution in [0.5, 0.6) is 5.75 Å². The summed E-state index contributed by atoms with van der Waals surface area (Å²) in [5.41, 5.74) is 3.52. The Kier molecular flexibility index (Phi) is 3.87. The van der Waals surface area contributed by atoms with Gasteiger partial charge in [-0.3, -0.25) is 4.98 Å². The van der Waals surface area contributed by atoms with Crippen LogP contribution in [0, 0.1) is 6.92 Å². The van der Waals surface area contributed by atoms with Gasteiger partial charge in [0.2, 0.25) is 0 Å². The van der Waals surface area contributed by atoms with Crippen LogP contribution < -0.4 is 4.74 Å². The first-order chi connectivity index (χ1) is 10.3. The summed E-state index contributed by atoms with van der Waals surface area (Å²) < 4.78 is 5.37. The van der Waals surface area contributed by atoms with Gasteiger partial charge in [0, 0.05) is 23.5 Å². The van der Waals surface area contributed by atoms with Crippen LogP contribution in [0.25, 0.3) is 10.8 Å². The third-order valence-corrected chi connectivity index (χ3v) is 3.86. The van der Waals surface area contributed by atoms with Crippen molar-refractivity contribution in [2.75, 3.05) is 7.11 Å². The zero-order valence-corrected chi connectivity index (χ0v) is 12.5. The molecule has 2 heteroatoms. The van der Waals surface area contributed by atoms with Gasteiger partial charge in [-0.2, -0.15) is 0 Å². The highest BCUT2D eigenvalue weighted by Gasteiger charge is 2.04. The van der Waals surface area contributed by atoms with E-state index < -0.39 is 0 Å². The molecule has 0 saturated heterocycles. The number of pyridine rings is 1. The number of aromatic nitrogens is 1. The lowest BCUT2D eigenvalue weighted by Gasteiger charge is -2.08. The van der Waals surface area contributed by atoms with E-state index in [0.717, 1.165) is 29.8 Å². The molecule has 3 rings (SSSR count). The quantitative estimate of drug-likeness (QED) is 0.708. The molecule has 0 atom stereocenters. The van der Waals surface area contributed by atoms with Crippen molar-refractivity contribution in [3.8, 4) is 5.75 Å². The number of benzene rings is 2. The highest BCUT2D eigenvalue weighted by atomic mass is 16.5. The normalized spacial score (nSPS) is 10.8. The molecule has 2 nitrogen and oxygen atoms in total. The summed E-state index contributed by atoms with van der Waals surface area (Å²) in [4.78, 5) is 4.50. The monoisotopic (exact) mass is 277 g/mol. The first-order valence-corrected chi connectivity index (χ1v) is 7.24. The minimum Gasteiger partial charge on any atom is -0.496 e. The zero-order valence-electron chi connectivity index (χ0n) is 12.5. The molecule has 0 amide bonds. The van der Waals surface area contributed by atoms with E-state index in [1.54, 1.807) is 7.11 Å². The molecule has 0 spiro atoms. The molecule has 1 aromatic heterocycles. The van der Waals surface area contributed by atoms with E-state index >= 15 is 0 Å². The molecule has 3 aromatic rings. The molecule has 0 radical (unpaired) electrons. The summed E-state index contributed by atoms with van der Waals surface area (Å²) >= 11 is 0. The smallest absolute Gasteiger partial charge is 0.125 e. The van der Waals surface area contributed by atoms with Crippen molar-refractivity contribution >= 4 is 10.8 Å². The van der Waals surface area contributed by atoms with Crippen LogP contribution in [0.2, 0.25) is 0 Å². The number of hydrogen-bond donors (Lipinski definition) is 0. The number of nitrogens with zero attached hydrogens (tertiary/aromatic N) is 1. The zero-order chi connectivity index (χ0) is 14.7. The summed E-state index contributed by atoms with van der Waals surface area (Å²) in [7, 11) is 1.71. The van der Waals surface area contributed by atoms with E-state index in [0.29, 0.717) is 0 Å². The fraction of sp³-hybridized carbons (Fsp3) is 0.211. The molecule has 0 aliphatic rings. The van der Waals surface area contributed by atoms with E-state index in [1.165, 1.54) is 16.3 Å². The second kappa shape index (κ2) is 5.96. The van der Waals surface area contributed by atoms with Crippen LogP contribution in [-0.4, -0.2) is 12.1 Å². The lowest BCUT2D eigenvalue weighted by molar-refractivity contribution is 0.410. The summed E-state index contributed by atoms with van der Waals surface area (Å²) in [6.07, 6.45) is 3.79. The SMILES string of the molecule is COc1cc(CCc2cccc3ccccc23)ncc1C. The van der Waals surface area contributed by atoms with Crippen LogP contribution in [-0.2, 0) is 12.8 Å². The van der Waals surface area contributed by atoms with Gasteiger partial charge < -0.3 is 4.74 Å². The Labute approximate surface area is 125 Å². The van der Waals surface area contributed by atoms with Gasteiger partial charge in [-0.25, -0.2) is 0 Å². The lowest BCUT2D eigenvalue weighted by atomic mass is 10.00. The number of ether oxygens (including phenoxy) is 1. The van der Waals surface area contributed by atoms with Crippen molar-refractivity contribution in [2.24, 2.45) is 0 Å². The maximum absolute atomic E-state index is 5.37. The van der Waals surface area contributed by atoms with Crippen molar-refractivity contribution in [3.63, 3.8) is 0 Å². The Morgan fingerprint density at radius 3 is 2.67 bits per heavy atom. The first-order valence-electron chi connectivity index (χ1n) is 7.24. The largest absolute Gasteiger partial charge is 0.496 e. The van der Waals surface area contributed by atoms with E-state index in [9.17, 15) is 0 Å². The molecule has 21 heavy (non-hydrogen) atoms. The molecule has 0 aliphatic carbocycles. The van der Waals surface area contributed by atoms with Crippen molar-refractivity contribution in [2.45, 2.75) is 19.8 Å². The predicted molar refractivity (Wildman–Crippen MR) is 86.9 cm³/mol. The Morgan fingerprint density at radius 2 is 1.81 bits per heavy atom. The third kappa shape index (κ3) is 2.89. The Balaban J connectivity index is 1.83.